The van der Waals surface area contributed by atoms with E-state index in [4.69, 9.17) is 0 Å². The van der Waals surface area contributed by atoms with Crippen molar-refractivity contribution in [3.8, 4) is 0 Å². The van der Waals surface area contributed by atoms with Crippen molar-refractivity contribution in [2.24, 2.45) is 0 Å². The van der Waals surface area contributed by atoms with Gasteiger partial charge in [0, 0.05) is 6.92 Å². The Hall–Kier alpha value is -0.860. The standard InChI is InChI=1S/C4H5NO2/c1-3-2-4(6)7-5-3/h2H2,1H3/p+1. The third-order valence-electron chi connectivity index (χ3n) is 0.749. The van der Waals surface area contributed by atoms with Crippen molar-refractivity contribution in [3.63, 3.8) is 0 Å². The van der Waals surface area contributed by atoms with Crippen molar-refractivity contribution in [2.45, 2.75) is 13.3 Å². The molecule has 0 unspecified atom stereocenters. The quantitative estimate of drug-likeness (QED) is 0.372. The van der Waals surface area contributed by atoms with Gasteiger partial charge < -0.3 is 0 Å². The summed E-state index contributed by atoms with van der Waals surface area (Å²) in [5.41, 5.74) is 0.880. The molecule has 38 valence electrons. The van der Waals surface area contributed by atoms with E-state index in [0.717, 1.165) is 5.71 Å². The first-order chi connectivity index (χ1) is 3.29. The van der Waals surface area contributed by atoms with Gasteiger partial charge in [0.05, 0.1) is 0 Å². The predicted octanol–water partition coefficient (Wildman–Crippen LogP) is -1.61. The lowest BCUT2D eigenvalue weighted by molar-refractivity contribution is -0.716. The minimum Gasteiger partial charge on any atom is -0.244 e. The molecule has 0 aromatic carbocycles. The lowest BCUT2D eigenvalue weighted by Gasteiger charge is -1.68. The number of rotatable bonds is 0. The predicted molar refractivity (Wildman–Crippen MR) is 22.4 cm³/mol. The van der Waals surface area contributed by atoms with Crippen LogP contribution in [0.15, 0.2) is 0 Å². The zero-order valence-corrected chi connectivity index (χ0v) is 4.02. The maximum atomic E-state index is 10.1. The van der Waals surface area contributed by atoms with Gasteiger partial charge in [-0.15, -0.1) is 0 Å². The molecule has 7 heavy (non-hydrogen) atoms. The van der Waals surface area contributed by atoms with Gasteiger partial charge in [0.15, 0.2) is 0 Å². The summed E-state index contributed by atoms with van der Waals surface area (Å²) in [6, 6.07) is 0. The van der Waals surface area contributed by atoms with Crippen molar-refractivity contribution >= 4 is 11.7 Å². The van der Waals surface area contributed by atoms with Gasteiger partial charge in [0.1, 0.15) is 6.42 Å². The molecule has 0 spiro atoms. The summed E-state index contributed by atoms with van der Waals surface area (Å²) in [6.45, 7) is 1.81. The first kappa shape index (κ1) is 4.30. The van der Waals surface area contributed by atoms with Gasteiger partial charge in [-0.05, 0) is 5.16 Å². The number of carbonyl (C=O) groups excluding carboxylic acids is 1. The average molecular weight is 100 g/mol. The smallest absolute Gasteiger partial charge is 0.244 e. The molecule has 0 aliphatic carbocycles. The monoisotopic (exact) mass is 100 g/mol. The fraction of sp³-hybridized carbons (Fsp3) is 0.500. The van der Waals surface area contributed by atoms with Crippen LogP contribution in [0.3, 0.4) is 0 Å². The molecule has 0 saturated carbocycles. The normalized spacial score (nSPS) is 19.0. The summed E-state index contributed by atoms with van der Waals surface area (Å²) in [7, 11) is 0. The van der Waals surface area contributed by atoms with Crippen molar-refractivity contribution in [1.29, 1.82) is 0 Å². The molecule has 0 saturated heterocycles. The van der Waals surface area contributed by atoms with Gasteiger partial charge in [-0.2, -0.15) is 4.84 Å². The topological polar surface area (TPSA) is 40.3 Å². The summed E-state index contributed by atoms with van der Waals surface area (Å²) in [5.74, 6) is -0.197. The Labute approximate surface area is 41.0 Å². The second-order valence-corrected chi connectivity index (χ2v) is 1.53. The molecular weight excluding hydrogens is 94.0 g/mol. The summed E-state index contributed by atoms with van der Waals surface area (Å²) < 4.78 is 0. The van der Waals surface area contributed by atoms with Crippen LogP contribution in [0.1, 0.15) is 13.3 Å². The molecular formula is C4H6NO2+. The second kappa shape index (κ2) is 1.33. The zero-order valence-electron chi connectivity index (χ0n) is 4.02. The average Bonchev–Trinajstić information content (AvgIpc) is 1.87. The van der Waals surface area contributed by atoms with Gasteiger partial charge in [-0.25, -0.2) is 4.79 Å². The Morgan fingerprint density at radius 3 is 2.71 bits per heavy atom. The molecule has 1 aliphatic rings. The highest BCUT2D eigenvalue weighted by Gasteiger charge is 2.18. The molecule has 0 aromatic rings. The Bertz CT molecular complexity index is 128. The van der Waals surface area contributed by atoms with E-state index >= 15 is 0 Å². The lowest BCUT2D eigenvalue weighted by atomic mass is 10.3. The molecule has 0 amide bonds. The van der Waals surface area contributed by atoms with Crippen LogP contribution < -0.4 is 5.16 Å². The highest BCUT2D eigenvalue weighted by atomic mass is 16.7. The molecule has 1 N–H and O–H groups in total. The first-order valence-electron chi connectivity index (χ1n) is 2.07. The van der Waals surface area contributed by atoms with E-state index in [-0.39, 0.29) is 5.97 Å². The van der Waals surface area contributed by atoms with Crippen LogP contribution in [-0.4, -0.2) is 11.7 Å². The lowest BCUT2D eigenvalue weighted by Crippen LogP contribution is -2.67. The molecule has 3 nitrogen and oxygen atoms in total. The van der Waals surface area contributed by atoms with Crippen LogP contribution in [0, 0.1) is 0 Å². The number of nitrogens with one attached hydrogen (secondary N) is 1. The number of hydrogen-bond acceptors (Lipinski definition) is 2. The van der Waals surface area contributed by atoms with Crippen LogP contribution >= 0.6 is 0 Å². The Kier molecular flexibility index (Phi) is 0.817. The van der Waals surface area contributed by atoms with E-state index in [9.17, 15) is 4.79 Å². The number of hydrogen-bond donors (Lipinski definition) is 1. The number of carbonyl (C=O) groups is 1. The molecule has 0 fully saturated rings. The highest BCUT2D eigenvalue weighted by molar-refractivity contribution is 5.95. The van der Waals surface area contributed by atoms with Crippen LogP contribution in [0.5, 0.6) is 0 Å². The zero-order chi connectivity index (χ0) is 5.28. The molecule has 1 rings (SSSR count). The van der Waals surface area contributed by atoms with Crippen LogP contribution in [0.4, 0.5) is 0 Å². The minimum atomic E-state index is -0.197. The first-order valence-corrected chi connectivity index (χ1v) is 2.07. The van der Waals surface area contributed by atoms with Gasteiger partial charge in [0.25, 0.3) is 0 Å². The SMILES string of the molecule is CC1=[NH+]OC(=O)C1. The maximum Gasteiger partial charge on any atom is 0.389 e. The fourth-order valence-corrected chi connectivity index (χ4v) is 0.433. The van der Waals surface area contributed by atoms with E-state index < -0.39 is 0 Å². The molecule has 3 heteroatoms. The molecule has 0 aromatic heterocycles. The summed E-state index contributed by atoms with van der Waals surface area (Å²) in [4.78, 5) is 14.5. The van der Waals surface area contributed by atoms with Crippen LogP contribution in [-0.2, 0) is 9.63 Å². The van der Waals surface area contributed by atoms with Crippen molar-refractivity contribution in [1.82, 2.24) is 0 Å². The minimum absolute atomic E-state index is 0.197. The van der Waals surface area contributed by atoms with Crippen LogP contribution in [0.25, 0.3) is 0 Å². The van der Waals surface area contributed by atoms with E-state index in [1.807, 2.05) is 6.92 Å². The summed E-state index contributed by atoms with van der Waals surface area (Å²) in [6.07, 6.45) is 0.417. The van der Waals surface area contributed by atoms with E-state index in [2.05, 4.69) is 9.99 Å². The summed E-state index contributed by atoms with van der Waals surface area (Å²) >= 11 is 0. The van der Waals surface area contributed by atoms with E-state index in [0.29, 0.717) is 6.42 Å². The van der Waals surface area contributed by atoms with Crippen molar-refractivity contribution in [3.05, 3.63) is 0 Å². The van der Waals surface area contributed by atoms with Gasteiger partial charge in [-0.1, -0.05) is 0 Å². The van der Waals surface area contributed by atoms with Crippen molar-refractivity contribution < 1.29 is 14.8 Å². The maximum absolute atomic E-state index is 10.1. The summed E-state index contributed by atoms with van der Waals surface area (Å²) in [5, 5.41) is 2.44. The Morgan fingerprint density at radius 2 is 2.57 bits per heavy atom. The van der Waals surface area contributed by atoms with E-state index in [1.165, 1.54) is 0 Å². The fourth-order valence-electron chi connectivity index (χ4n) is 0.433. The van der Waals surface area contributed by atoms with E-state index in [1.54, 1.807) is 0 Å². The Morgan fingerprint density at radius 1 is 1.86 bits per heavy atom. The molecule has 0 bridgehead atoms. The molecule has 1 aliphatic heterocycles. The van der Waals surface area contributed by atoms with Gasteiger partial charge in [0.2, 0.25) is 5.71 Å². The molecule has 1 heterocycles. The largest absolute Gasteiger partial charge is 0.389 e. The van der Waals surface area contributed by atoms with Crippen molar-refractivity contribution in [2.75, 3.05) is 0 Å². The second-order valence-electron chi connectivity index (χ2n) is 1.53. The van der Waals surface area contributed by atoms with Gasteiger partial charge >= 0.3 is 5.97 Å². The highest BCUT2D eigenvalue weighted by Crippen LogP contribution is 1.83. The van der Waals surface area contributed by atoms with Crippen LogP contribution in [0.2, 0.25) is 0 Å². The third-order valence-corrected chi connectivity index (χ3v) is 0.749. The molecule has 0 atom stereocenters. The third kappa shape index (κ3) is 0.765. The van der Waals surface area contributed by atoms with Gasteiger partial charge in [-0.3, -0.25) is 0 Å². The molecule has 0 radical (unpaired) electrons. The Balaban J connectivity index is 2.58.